The molecule has 0 spiro atoms. The molecule has 1 fully saturated rings. The Hall–Kier alpha value is -1.25. The van der Waals surface area contributed by atoms with E-state index in [1.165, 1.54) is 12.8 Å². The fraction of sp³-hybridized carbons (Fsp3) is 0.545. The molecule has 0 radical (unpaired) electrons. The minimum atomic E-state index is 0.677. The van der Waals surface area contributed by atoms with Crippen molar-refractivity contribution in [3.05, 3.63) is 17.8 Å². The maximum absolute atomic E-state index is 5.93. The zero-order valence-corrected chi connectivity index (χ0v) is 8.83. The molecular formula is C11H17N3. The Kier molecular flexibility index (Phi) is 2.32. The van der Waals surface area contributed by atoms with Crippen LogP contribution in [0.1, 0.15) is 25.5 Å². The predicted molar refractivity (Wildman–Crippen MR) is 59.4 cm³/mol. The molecular weight excluding hydrogens is 174 g/mol. The van der Waals surface area contributed by atoms with E-state index >= 15 is 0 Å². The van der Waals surface area contributed by atoms with E-state index in [0.29, 0.717) is 6.04 Å². The molecule has 0 bridgehead atoms. The first-order valence-corrected chi connectivity index (χ1v) is 5.22. The molecule has 0 atom stereocenters. The van der Waals surface area contributed by atoms with E-state index in [1.54, 1.807) is 0 Å². The molecule has 1 saturated carbocycles. The van der Waals surface area contributed by atoms with Gasteiger partial charge in [-0.15, -0.1) is 0 Å². The lowest BCUT2D eigenvalue weighted by Gasteiger charge is -2.23. The van der Waals surface area contributed by atoms with Crippen LogP contribution in [0, 0.1) is 6.92 Å². The lowest BCUT2D eigenvalue weighted by Crippen LogP contribution is -2.27. The Morgan fingerprint density at radius 2 is 2.21 bits per heavy atom. The largest absolute Gasteiger partial charge is 0.396 e. The molecule has 3 heteroatoms. The van der Waals surface area contributed by atoms with Crippen molar-refractivity contribution in [2.24, 2.45) is 0 Å². The molecule has 0 unspecified atom stereocenters. The molecule has 0 amide bonds. The molecule has 14 heavy (non-hydrogen) atoms. The Labute approximate surface area is 84.9 Å². The van der Waals surface area contributed by atoms with Crippen LogP contribution in [0.4, 0.5) is 11.5 Å². The smallest absolute Gasteiger partial charge is 0.152 e. The summed E-state index contributed by atoms with van der Waals surface area (Å²) in [6.45, 7) is 5.15. The van der Waals surface area contributed by atoms with Gasteiger partial charge in [-0.05, 0) is 38.8 Å². The third-order valence-electron chi connectivity index (χ3n) is 2.64. The van der Waals surface area contributed by atoms with Crippen LogP contribution in [-0.4, -0.2) is 17.6 Å². The average molecular weight is 191 g/mol. The van der Waals surface area contributed by atoms with Crippen LogP contribution in [0.2, 0.25) is 0 Å². The summed E-state index contributed by atoms with van der Waals surface area (Å²) in [5.41, 5.74) is 7.76. The number of hydrogen-bond donors (Lipinski definition) is 1. The highest BCUT2D eigenvalue weighted by molar-refractivity contribution is 5.63. The van der Waals surface area contributed by atoms with Crippen molar-refractivity contribution in [2.45, 2.75) is 32.7 Å². The topological polar surface area (TPSA) is 42.2 Å². The summed E-state index contributed by atoms with van der Waals surface area (Å²) >= 11 is 0. The van der Waals surface area contributed by atoms with E-state index in [1.807, 2.05) is 19.1 Å². The van der Waals surface area contributed by atoms with Gasteiger partial charge in [0, 0.05) is 18.3 Å². The number of anilines is 2. The fourth-order valence-electron chi connectivity index (χ4n) is 1.75. The lowest BCUT2D eigenvalue weighted by molar-refractivity contribution is 0.807. The summed E-state index contributed by atoms with van der Waals surface area (Å²) < 4.78 is 0. The second-order valence-electron chi connectivity index (χ2n) is 3.88. The normalized spacial score (nSPS) is 15.6. The van der Waals surface area contributed by atoms with Gasteiger partial charge in [-0.25, -0.2) is 4.98 Å². The SMILES string of the molecule is CCN(c1nc(C)ccc1N)C1CC1. The van der Waals surface area contributed by atoms with E-state index in [0.717, 1.165) is 23.7 Å². The summed E-state index contributed by atoms with van der Waals surface area (Å²) in [5, 5.41) is 0. The molecule has 0 saturated heterocycles. The average Bonchev–Trinajstić information content (AvgIpc) is 2.96. The third-order valence-corrected chi connectivity index (χ3v) is 2.64. The molecule has 2 rings (SSSR count). The number of aryl methyl sites for hydroxylation is 1. The van der Waals surface area contributed by atoms with Crippen LogP contribution in [0.25, 0.3) is 0 Å². The molecule has 1 aliphatic carbocycles. The monoisotopic (exact) mass is 191 g/mol. The quantitative estimate of drug-likeness (QED) is 0.794. The summed E-state index contributed by atoms with van der Waals surface area (Å²) in [6.07, 6.45) is 2.56. The molecule has 1 aromatic heterocycles. The first kappa shape index (κ1) is 9.31. The van der Waals surface area contributed by atoms with Gasteiger partial charge >= 0.3 is 0 Å². The maximum Gasteiger partial charge on any atom is 0.152 e. The summed E-state index contributed by atoms with van der Waals surface area (Å²) in [5.74, 6) is 0.968. The molecule has 1 heterocycles. The summed E-state index contributed by atoms with van der Waals surface area (Å²) in [4.78, 5) is 6.81. The van der Waals surface area contributed by atoms with Gasteiger partial charge in [0.05, 0.1) is 5.69 Å². The fourth-order valence-corrected chi connectivity index (χ4v) is 1.75. The minimum absolute atomic E-state index is 0.677. The van der Waals surface area contributed by atoms with Gasteiger partial charge in [-0.2, -0.15) is 0 Å². The van der Waals surface area contributed by atoms with Gasteiger partial charge in [0.25, 0.3) is 0 Å². The second kappa shape index (κ2) is 3.48. The highest BCUT2D eigenvalue weighted by Crippen LogP contribution is 2.33. The zero-order chi connectivity index (χ0) is 10.1. The molecule has 2 N–H and O–H groups in total. The van der Waals surface area contributed by atoms with Crippen LogP contribution in [-0.2, 0) is 0 Å². The molecule has 1 aromatic rings. The Morgan fingerprint density at radius 3 is 2.79 bits per heavy atom. The van der Waals surface area contributed by atoms with Crippen molar-refractivity contribution < 1.29 is 0 Å². The van der Waals surface area contributed by atoms with Gasteiger partial charge in [0.2, 0.25) is 0 Å². The predicted octanol–water partition coefficient (Wildman–Crippen LogP) is 1.96. The van der Waals surface area contributed by atoms with Crippen molar-refractivity contribution >= 4 is 11.5 Å². The highest BCUT2D eigenvalue weighted by atomic mass is 15.2. The van der Waals surface area contributed by atoms with Gasteiger partial charge in [0.1, 0.15) is 0 Å². The highest BCUT2D eigenvalue weighted by Gasteiger charge is 2.29. The van der Waals surface area contributed by atoms with Crippen molar-refractivity contribution in [2.75, 3.05) is 17.2 Å². The number of rotatable bonds is 3. The van der Waals surface area contributed by atoms with Crippen molar-refractivity contribution in [1.82, 2.24) is 4.98 Å². The second-order valence-corrected chi connectivity index (χ2v) is 3.88. The van der Waals surface area contributed by atoms with Crippen LogP contribution >= 0.6 is 0 Å². The van der Waals surface area contributed by atoms with Crippen LogP contribution in [0.3, 0.4) is 0 Å². The standard InChI is InChI=1S/C11H17N3/c1-3-14(9-5-6-9)11-10(12)7-4-8(2)13-11/h4,7,9H,3,5-6,12H2,1-2H3. The number of nitrogen functional groups attached to an aromatic ring is 1. The van der Waals surface area contributed by atoms with Crippen LogP contribution in [0.5, 0.6) is 0 Å². The van der Waals surface area contributed by atoms with Gasteiger partial charge < -0.3 is 10.6 Å². The molecule has 1 aliphatic rings. The molecule has 0 aliphatic heterocycles. The first-order valence-electron chi connectivity index (χ1n) is 5.22. The number of aromatic nitrogens is 1. The van der Waals surface area contributed by atoms with Gasteiger partial charge in [0.15, 0.2) is 5.82 Å². The van der Waals surface area contributed by atoms with E-state index in [4.69, 9.17) is 5.73 Å². The number of pyridine rings is 1. The molecule has 76 valence electrons. The lowest BCUT2D eigenvalue weighted by atomic mass is 10.3. The zero-order valence-electron chi connectivity index (χ0n) is 8.83. The summed E-state index contributed by atoms with van der Waals surface area (Å²) in [7, 11) is 0. The van der Waals surface area contributed by atoms with Crippen molar-refractivity contribution in [1.29, 1.82) is 0 Å². The van der Waals surface area contributed by atoms with Crippen LogP contribution in [0.15, 0.2) is 12.1 Å². The van der Waals surface area contributed by atoms with E-state index in [-0.39, 0.29) is 0 Å². The van der Waals surface area contributed by atoms with E-state index in [2.05, 4.69) is 16.8 Å². The van der Waals surface area contributed by atoms with Gasteiger partial charge in [-0.3, -0.25) is 0 Å². The Balaban J connectivity index is 2.32. The number of nitrogens with zero attached hydrogens (tertiary/aromatic N) is 2. The van der Waals surface area contributed by atoms with E-state index in [9.17, 15) is 0 Å². The third kappa shape index (κ3) is 1.67. The Morgan fingerprint density at radius 1 is 1.50 bits per heavy atom. The Bertz CT molecular complexity index is 331. The van der Waals surface area contributed by atoms with E-state index < -0.39 is 0 Å². The summed E-state index contributed by atoms with van der Waals surface area (Å²) in [6, 6.07) is 4.58. The van der Waals surface area contributed by atoms with Crippen LogP contribution < -0.4 is 10.6 Å². The van der Waals surface area contributed by atoms with Crippen molar-refractivity contribution in [3.8, 4) is 0 Å². The number of nitrogens with two attached hydrogens (primary N) is 1. The minimum Gasteiger partial charge on any atom is -0.396 e. The number of hydrogen-bond acceptors (Lipinski definition) is 3. The molecule has 0 aromatic carbocycles. The maximum atomic E-state index is 5.93. The first-order chi connectivity index (χ1) is 6.72. The van der Waals surface area contributed by atoms with Crippen molar-refractivity contribution in [3.63, 3.8) is 0 Å². The van der Waals surface area contributed by atoms with Gasteiger partial charge in [-0.1, -0.05) is 0 Å². The molecule has 3 nitrogen and oxygen atoms in total.